The lowest BCUT2D eigenvalue weighted by Gasteiger charge is -2.16. The van der Waals surface area contributed by atoms with E-state index < -0.39 is 63.1 Å². The summed E-state index contributed by atoms with van der Waals surface area (Å²) in [5.74, 6) is -0.908. The second-order valence-electron chi connectivity index (χ2n) is 8.72. The zero-order valence-corrected chi connectivity index (χ0v) is 21.4. The predicted molar refractivity (Wildman–Crippen MR) is 129 cm³/mol. The molecular formula is C22H31N5O9P+. The molecule has 15 heteroatoms. The molecule has 0 radical (unpaired) electrons. The zero-order chi connectivity index (χ0) is 27.3. The van der Waals surface area contributed by atoms with E-state index in [9.17, 15) is 29.5 Å². The Labute approximate surface area is 213 Å². The van der Waals surface area contributed by atoms with Crippen LogP contribution in [-0.2, 0) is 36.4 Å². The highest BCUT2D eigenvalue weighted by molar-refractivity contribution is 7.36. The number of nitrogens with zero attached hydrogens (tertiary/aromatic N) is 3. The van der Waals surface area contributed by atoms with E-state index in [1.165, 1.54) is 6.92 Å². The molecule has 6 N–H and O–H groups in total. The Bertz CT molecular complexity index is 1180. The Hall–Kier alpha value is -2.84. The molecule has 7 unspecified atom stereocenters. The number of aryl methyl sites for hydroxylation is 1. The first-order chi connectivity index (χ1) is 17.5. The van der Waals surface area contributed by atoms with Gasteiger partial charge in [0.1, 0.15) is 43.4 Å². The fraction of sp³-hybridized carbons (Fsp3) is 0.545. The van der Waals surface area contributed by atoms with Crippen molar-refractivity contribution < 1.29 is 38.7 Å². The van der Waals surface area contributed by atoms with Gasteiger partial charge in [-0.2, -0.15) is 4.98 Å². The quantitative estimate of drug-likeness (QED) is 0.179. The summed E-state index contributed by atoms with van der Waals surface area (Å²) in [5.41, 5.74) is 7.16. The molecule has 0 saturated carbocycles. The first kappa shape index (κ1) is 28.7. The Morgan fingerprint density at radius 2 is 2.05 bits per heavy atom. The molecule has 1 aliphatic rings. The van der Waals surface area contributed by atoms with Gasteiger partial charge in [-0.1, -0.05) is 23.3 Å². The fourth-order valence-corrected chi connectivity index (χ4v) is 4.49. The molecule has 1 aromatic carbocycles. The number of esters is 1. The van der Waals surface area contributed by atoms with Crippen molar-refractivity contribution in [3.63, 3.8) is 0 Å². The monoisotopic (exact) mass is 540 g/mol. The summed E-state index contributed by atoms with van der Waals surface area (Å²) in [6.07, 6.45) is -4.45. The van der Waals surface area contributed by atoms with Crippen LogP contribution in [0.25, 0.3) is 0 Å². The summed E-state index contributed by atoms with van der Waals surface area (Å²) in [6.45, 7) is 4.57. The second kappa shape index (κ2) is 12.6. The molecule has 1 fully saturated rings. The number of rotatable bonds is 11. The van der Waals surface area contributed by atoms with Crippen molar-refractivity contribution in [2.45, 2.75) is 70.5 Å². The van der Waals surface area contributed by atoms with Gasteiger partial charge in [0.2, 0.25) is 5.95 Å². The van der Waals surface area contributed by atoms with Crippen molar-refractivity contribution in [2.75, 3.05) is 12.3 Å². The topological polar surface area (TPSA) is 208 Å². The number of carbonyl (C=O) groups is 1. The standard InChI is InChI=1S/C22H30N5O9P/c1-11-4-5-14(7-15(11)8-28)6-12(2)35-20(31)13(3)26-37(33)34-9-16-17(29)18(30)19(36-16)27-10-24-21(23)25-22(27)32/h4-5,7,10,12-13,16-19,28-30H,6,8-9H2,1-3H3,(H2-,23,25,26,32,33)/p+1. The van der Waals surface area contributed by atoms with Gasteiger partial charge in [-0.05, 0) is 42.0 Å². The number of nitrogens with one attached hydrogen (secondary N) is 1. The highest BCUT2D eigenvalue weighted by Gasteiger charge is 2.46. The molecule has 14 nitrogen and oxygen atoms in total. The van der Waals surface area contributed by atoms with Gasteiger partial charge in [-0.3, -0.25) is 9.36 Å². The molecule has 1 aromatic heterocycles. The van der Waals surface area contributed by atoms with E-state index in [-0.39, 0.29) is 12.6 Å². The average molecular weight is 540 g/mol. The van der Waals surface area contributed by atoms with E-state index >= 15 is 0 Å². The molecule has 7 atom stereocenters. The van der Waals surface area contributed by atoms with Crippen LogP contribution in [0.4, 0.5) is 5.95 Å². The third-order valence-electron chi connectivity index (χ3n) is 5.79. The first-order valence-corrected chi connectivity index (χ1v) is 12.7. The highest BCUT2D eigenvalue weighted by Crippen LogP contribution is 2.30. The van der Waals surface area contributed by atoms with Crippen molar-refractivity contribution >= 4 is 20.1 Å². The molecular weight excluding hydrogens is 509 g/mol. The Kier molecular flexibility index (Phi) is 9.79. The number of hydrogen-bond acceptors (Lipinski definition) is 12. The maximum atomic E-state index is 12.4. The number of nitrogen functional groups attached to an aromatic ring is 1. The van der Waals surface area contributed by atoms with E-state index in [1.54, 1.807) is 6.92 Å². The smallest absolute Gasteiger partial charge is 0.461 e. The highest BCUT2D eigenvalue weighted by atomic mass is 31.1. The molecule has 0 amide bonds. The molecule has 202 valence electrons. The number of aromatic nitrogens is 3. The van der Waals surface area contributed by atoms with E-state index in [4.69, 9.17) is 19.7 Å². The Balaban J connectivity index is 1.47. The number of anilines is 1. The van der Waals surface area contributed by atoms with Crippen LogP contribution in [0, 0.1) is 6.92 Å². The molecule has 0 aliphatic carbocycles. The van der Waals surface area contributed by atoms with Gasteiger partial charge < -0.3 is 30.5 Å². The maximum absolute atomic E-state index is 12.4. The maximum Gasteiger partial charge on any atom is 0.613 e. The third-order valence-corrected chi connectivity index (χ3v) is 6.77. The van der Waals surface area contributed by atoms with Crippen LogP contribution in [-0.4, -0.2) is 72.9 Å². The van der Waals surface area contributed by atoms with Crippen molar-refractivity contribution in [3.8, 4) is 0 Å². The molecule has 1 saturated heterocycles. The Morgan fingerprint density at radius 1 is 1.32 bits per heavy atom. The number of aliphatic hydroxyl groups excluding tert-OH is 3. The van der Waals surface area contributed by atoms with Crippen molar-refractivity contribution in [2.24, 2.45) is 0 Å². The largest absolute Gasteiger partial charge is 0.613 e. The zero-order valence-electron chi connectivity index (χ0n) is 20.6. The molecule has 2 heterocycles. The summed E-state index contributed by atoms with van der Waals surface area (Å²) in [5, 5.41) is 32.4. The number of hydrogen-bond donors (Lipinski definition) is 5. The van der Waals surface area contributed by atoms with Gasteiger partial charge in [0.25, 0.3) is 0 Å². The lowest BCUT2D eigenvalue weighted by Crippen LogP contribution is -2.36. The minimum absolute atomic E-state index is 0.0846. The predicted octanol–water partition coefficient (Wildman–Crippen LogP) is -0.533. The fourth-order valence-electron chi connectivity index (χ4n) is 3.71. The number of benzene rings is 1. The van der Waals surface area contributed by atoms with Crippen molar-refractivity contribution in [1.82, 2.24) is 19.6 Å². The number of nitrogens with two attached hydrogens (primary N) is 1. The third kappa shape index (κ3) is 7.36. The van der Waals surface area contributed by atoms with Crippen LogP contribution in [0.5, 0.6) is 0 Å². The molecule has 0 bridgehead atoms. The normalized spacial score (nSPS) is 23.5. The van der Waals surface area contributed by atoms with E-state index in [0.29, 0.717) is 6.42 Å². The number of ether oxygens (including phenoxy) is 2. The van der Waals surface area contributed by atoms with E-state index in [0.717, 1.165) is 27.6 Å². The SMILES string of the molecule is Cc1ccc(CC(C)OC(=O)C(C)N[P+](=O)OCC2OC(n3cnc(N)nc3=O)C(O)C2O)cc1CO. The lowest BCUT2D eigenvalue weighted by molar-refractivity contribution is -0.149. The van der Waals surface area contributed by atoms with Gasteiger partial charge >= 0.3 is 19.8 Å². The van der Waals surface area contributed by atoms with Gasteiger partial charge in [0.05, 0.1) is 6.61 Å². The molecule has 1 aliphatic heterocycles. The summed E-state index contributed by atoms with van der Waals surface area (Å²) >= 11 is 0. The summed E-state index contributed by atoms with van der Waals surface area (Å²) in [7, 11) is -2.58. The van der Waals surface area contributed by atoms with Gasteiger partial charge in [-0.15, -0.1) is 4.52 Å². The van der Waals surface area contributed by atoms with Crippen LogP contribution in [0.15, 0.2) is 29.3 Å². The average Bonchev–Trinajstić information content (AvgIpc) is 3.12. The number of aliphatic hydroxyl groups is 3. The summed E-state index contributed by atoms with van der Waals surface area (Å²) in [6, 6.07) is 4.65. The van der Waals surface area contributed by atoms with Crippen LogP contribution in [0.1, 0.15) is 36.8 Å². The van der Waals surface area contributed by atoms with Crippen molar-refractivity contribution in [3.05, 3.63) is 51.7 Å². The summed E-state index contributed by atoms with van der Waals surface area (Å²) < 4.78 is 29.2. The minimum atomic E-state index is -2.58. The molecule has 0 spiro atoms. The van der Waals surface area contributed by atoms with Gasteiger partial charge in [-0.25, -0.2) is 9.78 Å². The molecule has 37 heavy (non-hydrogen) atoms. The van der Waals surface area contributed by atoms with E-state index in [2.05, 4.69) is 15.1 Å². The Morgan fingerprint density at radius 3 is 2.73 bits per heavy atom. The molecule has 3 rings (SSSR count). The first-order valence-electron chi connectivity index (χ1n) is 11.5. The second-order valence-corrected chi connectivity index (χ2v) is 9.76. The van der Waals surface area contributed by atoms with E-state index in [1.807, 2.05) is 25.1 Å². The van der Waals surface area contributed by atoms with Crippen LogP contribution in [0.2, 0.25) is 0 Å². The number of carbonyl (C=O) groups excluding carboxylic acids is 1. The minimum Gasteiger partial charge on any atom is -0.461 e. The van der Waals surface area contributed by atoms with Crippen LogP contribution in [0.3, 0.4) is 0 Å². The summed E-state index contributed by atoms with van der Waals surface area (Å²) in [4.78, 5) is 31.5. The molecule has 2 aromatic rings. The lowest BCUT2D eigenvalue weighted by atomic mass is 10.0. The van der Waals surface area contributed by atoms with Gasteiger partial charge in [0, 0.05) is 6.42 Å². The van der Waals surface area contributed by atoms with Crippen LogP contribution < -0.4 is 16.5 Å². The van der Waals surface area contributed by atoms with Gasteiger partial charge in [0.15, 0.2) is 6.23 Å². The van der Waals surface area contributed by atoms with Crippen molar-refractivity contribution in [1.29, 1.82) is 0 Å². The van der Waals surface area contributed by atoms with Crippen LogP contribution >= 0.6 is 8.18 Å².